The van der Waals surface area contributed by atoms with Gasteiger partial charge in [0.2, 0.25) is 0 Å². The van der Waals surface area contributed by atoms with Crippen LogP contribution in [0.2, 0.25) is 0 Å². The van der Waals surface area contributed by atoms with Crippen LogP contribution in [0.3, 0.4) is 0 Å². The summed E-state index contributed by atoms with van der Waals surface area (Å²) in [5.41, 5.74) is 1.36. The fraction of sp³-hybridized carbons (Fsp3) is 0.400. The Morgan fingerprint density at radius 1 is 1.26 bits per heavy atom. The molecule has 2 aromatic rings. The van der Waals surface area contributed by atoms with E-state index in [9.17, 15) is 0 Å². The minimum Gasteiger partial charge on any atom is -0.329 e. The second kappa shape index (κ2) is 6.78. The van der Waals surface area contributed by atoms with Gasteiger partial charge in [-0.3, -0.25) is 0 Å². The summed E-state index contributed by atoms with van der Waals surface area (Å²) in [6.07, 6.45) is 4.91. The number of rotatable bonds is 6. The highest BCUT2D eigenvalue weighted by Gasteiger charge is 2.08. The SMILES string of the molecule is CCNC(CC)c1ccc(Sc2nccn2C)cc1. The van der Waals surface area contributed by atoms with Gasteiger partial charge in [-0.05, 0) is 30.7 Å². The molecule has 19 heavy (non-hydrogen) atoms. The summed E-state index contributed by atoms with van der Waals surface area (Å²) >= 11 is 1.69. The van der Waals surface area contributed by atoms with Gasteiger partial charge in [0, 0.05) is 30.4 Å². The number of benzene rings is 1. The number of aryl methyl sites for hydroxylation is 1. The van der Waals surface area contributed by atoms with Crippen molar-refractivity contribution < 1.29 is 0 Å². The summed E-state index contributed by atoms with van der Waals surface area (Å²) in [7, 11) is 2.02. The Kier molecular flexibility index (Phi) is 5.05. The van der Waals surface area contributed by atoms with Gasteiger partial charge >= 0.3 is 0 Å². The predicted octanol–water partition coefficient (Wildman–Crippen LogP) is 3.63. The van der Waals surface area contributed by atoms with Gasteiger partial charge in [0.25, 0.3) is 0 Å². The van der Waals surface area contributed by atoms with Crippen LogP contribution >= 0.6 is 11.8 Å². The molecule has 0 saturated carbocycles. The lowest BCUT2D eigenvalue weighted by Crippen LogP contribution is -2.19. The Hall–Kier alpha value is -1.26. The predicted molar refractivity (Wildman–Crippen MR) is 80.5 cm³/mol. The molecule has 0 spiro atoms. The molecule has 0 aliphatic rings. The molecule has 0 saturated heterocycles. The van der Waals surface area contributed by atoms with Crippen molar-refractivity contribution in [3.63, 3.8) is 0 Å². The maximum Gasteiger partial charge on any atom is 0.172 e. The third-order valence-corrected chi connectivity index (χ3v) is 4.21. The molecule has 0 bridgehead atoms. The number of nitrogens with one attached hydrogen (secondary N) is 1. The van der Waals surface area contributed by atoms with E-state index in [0.29, 0.717) is 6.04 Å². The van der Waals surface area contributed by atoms with E-state index in [0.717, 1.165) is 18.1 Å². The van der Waals surface area contributed by atoms with Crippen molar-refractivity contribution in [3.05, 3.63) is 42.2 Å². The second-order valence-electron chi connectivity index (χ2n) is 4.51. The van der Waals surface area contributed by atoms with Crippen LogP contribution in [0.15, 0.2) is 46.7 Å². The second-order valence-corrected chi connectivity index (χ2v) is 5.55. The zero-order valence-corrected chi connectivity index (χ0v) is 12.6. The summed E-state index contributed by atoms with van der Waals surface area (Å²) in [6.45, 7) is 5.36. The van der Waals surface area contributed by atoms with Crippen LogP contribution < -0.4 is 5.32 Å². The van der Waals surface area contributed by atoms with Crippen molar-refractivity contribution in [1.29, 1.82) is 0 Å². The van der Waals surface area contributed by atoms with E-state index >= 15 is 0 Å². The van der Waals surface area contributed by atoms with Gasteiger partial charge in [0.05, 0.1) is 0 Å². The maximum atomic E-state index is 4.33. The average Bonchev–Trinajstić information content (AvgIpc) is 2.83. The highest BCUT2D eigenvalue weighted by Crippen LogP contribution is 2.27. The van der Waals surface area contributed by atoms with Crippen LogP contribution in [0.1, 0.15) is 31.9 Å². The first-order chi connectivity index (χ1) is 9.24. The molecule has 0 amide bonds. The highest BCUT2D eigenvalue weighted by atomic mass is 32.2. The molecule has 1 unspecified atom stereocenters. The molecule has 1 aromatic carbocycles. The smallest absolute Gasteiger partial charge is 0.172 e. The fourth-order valence-electron chi connectivity index (χ4n) is 2.07. The molecule has 1 heterocycles. The molecule has 0 aliphatic carbocycles. The van der Waals surface area contributed by atoms with Crippen LogP contribution in [-0.2, 0) is 7.05 Å². The van der Waals surface area contributed by atoms with Crippen molar-refractivity contribution in [2.75, 3.05) is 6.54 Å². The molecule has 0 fully saturated rings. The summed E-state index contributed by atoms with van der Waals surface area (Å²) in [5.74, 6) is 0. The van der Waals surface area contributed by atoms with Crippen molar-refractivity contribution in [2.45, 2.75) is 36.4 Å². The van der Waals surface area contributed by atoms with E-state index in [-0.39, 0.29) is 0 Å². The number of hydrogen-bond donors (Lipinski definition) is 1. The first-order valence-corrected chi connectivity index (χ1v) is 7.54. The Labute approximate surface area is 119 Å². The molecule has 2 rings (SSSR count). The topological polar surface area (TPSA) is 29.9 Å². The van der Waals surface area contributed by atoms with E-state index in [4.69, 9.17) is 0 Å². The van der Waals surface area contributed by atoms with Crippen molar-refractivity contribution in [1.82, 2.24) is 14.9 Å². The monoisotopic (exact) mass is 275 g/mol. The Morgan fingerprint density at radius 2 is 2.00 bits per heavy atom. The quantitative estimate of drug-likeness (QED) is 0.873. The van der Waals surface area contributed by atoms with Gasteiger partial charge < -0.3 is 9.88 Å². The van der Waals surface area contributed by atoms with Crippen LogP contribution in [0.4, 0.5) is 0 Å². The molecule has 0 radical (unpaired) electrons. The van der Waals surface area contributed by atoms with Gasteiger partial charge in [-0.1, -0.05) is 37.7 Å². The molecular formula is C15H21N3S. The molecule has 3 nitrogen and oxygen atoms in total. The molecule has 1 aromatic heterocycles. The van der Waals surface area contributed by atoms with Gasteiger partial charge in [-0.2, -0.15) is 0 Å². The third kappa shape index (κ3) is 3.61. The minimum atomic E-state index is 0.456. The van der Waals surface area contributed by atoms with Gasteiger partial charge in [-0.25, -0.2) is 4.98 Å². The zero-order chi connectivity index (χ0) is 13.7. The van der Waals surface area contributed by atoms with Crippen LogP contribution in [0.5, 0.6) is 0 Å². The van der Waals surface area contributed by atoms with Crippen LogP contribution in [-0.4, -0.2) is 16.1 Å². The standard InChI is InChI=1S/C15H21N3S/c1-4-14(16-5-2)12-6-8-13(9-7-12)19-15-17-10-11-18(15)3/h6-11,14,16H,4-5H2,1-3H3. The van der Waals surface area contributed by atoms with Gasteiger partial charge in [0.15, 0.2) is 5.16 Å². The Morgan fingerprint density at radius 3 is 2.53 bits per heavy atom. The fourth-order valence-corrected chi connectivity index (χ4v) is 2.87. The number of aromatic nitrogens is 2. The van der Waals surface area contributed by atoms with Crippen molar-refractivity contribution in [3.8, 4) is 0 Å². The normalized spacial score (nSPS) is 12.6. The van der Waals surface area contributed by atoms with E-state index in [1.165, 1.54) is 10.5 Å². The largest absolute Gasteiger partial charge is 0.329 e. The average molecular weight is 275 g/mol. The van der Waals surface area contributed by atoms with Crippen molar-refractivity contribution in [2.24, 2.45) is 7.05 Å². The number of imidazole rings is 1. The summed E-state index contributed by atoms with van der Waals surface area (Å²) in [6, 6.07) is 9.23. The minimum absolute atomic E-state index is 0.456. The first-order valence-electron chi connectivity index (χ1n) is 6.73. The maximum absolute atomic E-state index is 4.33. The van der Waals surface area contributed by atoms with E-state index < -0.39 is 0 Å². The van der Waals surface area contributed by atoms with Crippen LogP contribution in [0, 0.1) is 0 Å². The first kappa shape index (κ1) is 14.2. The van der Waals surface area contributed by atoms with Crippen LogP contribution in [0.25, 0.3) is 0 Å². The van der Waals surface area contributed by atoms with E-state index in [1.54, 1.807) is 11.8 Å². The van der Waals surface area contributed by atoms with Gasteiger partial charge in [0.1, 0.15) is 0 Å². The molecule has 0 aliphatic heterocycles. The third-order valence-electron chi connectivity index (χ3n) is 3.13. The molecule has 1 atom stereocenters. The van der Waals surface area contributed by atoms with Gasteiger partial charge in [-0.15, -0.1) is 0 Å². The summed E-state index contributed by atoms with van der Waals surface area (Å²) in [5, 5.41) is 4.52. The lowest BCUT2D eigenvalue weighted by molar-refractivity contribution is 0.537. The summed E-state index contributed by atoms with van der Waals surface area (Å²) in [4.78, 5) is 5.55. The molecule has 1 N–H and O–H groups in total. The highest BCUT2D eigenvalue weighted by molar-refractivity contribution is 7.99. The molecule has 102 valence electrons. The number of nitrogens with zero attached hydrogens (tertiary/aromatic N) is 2. The molecule has 4 heteroatoms. The lowest BCUT2D eigenvalue weighted by Gasteiger charge is -2.16. The lowest BCUT2D eigenvalue weighted by atomic mass is 10.1. The molecular weight excluding hydrogens is 254 g/mol. The van der Waals surface area contributed by atoms with E-state index in [2.05, 4.69) is 48.4 Å². The zero-order valence-electron chi connectivity index (χ0n) is 11.8. The Balaban J connectivity index is 2.08. The number of hydrogen-bond acceptors (Lipinski definition) is 3. The summed E-state index contributed by atoms with van der Waals surface area (Å²) < 4.78 is 2.03. The van der Waals surface area contributed by atoms with E-state index in [1.807, 2.05) is 24.0 Å². The Bertz CT molecular complexity index is 504. The van der Waals surface area contributed by atoms with Crippen molar-refractivity contribution >= 4 is 11.8 Å².